The van der Waals surface area contributed by atoms with Crippen molar-refractivity contribution in [2.24, 2.45) is 4.99 Å². The molecule has 0 spiro atoms. The molecule has 0 amide bonds. The lowest BCUT2D eigenvalue weighted by Crippen LogP contribution is -2.46. The number of aromatic amines is 1. The van der Waals surface area contributed by atoms with E-state index in [-0.39, 0.29) is 11.9 Å². The van der Waals surface area contributed by atoms with Gasteiger partial charge in [0.05, 0.1) is 19.3 Å². The minimum Gasteiger partial charge on any atom is -0.379 e. The molecule has 3 N–H and O–H groups in total. The quantitative estimate of drug-likeness (QED) is 0.404. The smallest absolute Gasteiger partial charge is 0.191 e. The Morgan fingerprint density at radius 3 is 2.81 bits per heavy atom. The van der Waals surface area contributed by atoms with Gasteiger partial charge in [0.2, 0.25) is 0 Å². The molecule has 4 rings (SSSR count). The summed E-state index contributed by atoms with van der Waals surface area (Å²) in [5, 5.41) is 8.08. The fourth-order valence-corrected chi connectivity index (χ4v) is 4.13. The minimum atomic E-state index is -0.211. The van der Waals surface area contributed by atoms with Gasteiger partial charge >= 0.3 is 0 Å². The third-order valence-corrected chi connectivity index (χ3v) is 5.77. The molecule has 0 aliphatic carbocycles. The monoisotopic (exact) mass is 423 g/mol. The maximum Gasteiger partial charge on any atom is 0.191 e. The molecule has 164 valence electrons. The van der Waals surface area contributed by atoms with Gasteiger partial charge in [-0.1, -0.05) is 30.3 Å². The second kappa shape index (κ2) is 10.4. The maximum absolute atomic E-state index is 13.9. The number of rotatable bonds is 7. The first-order valence-electron chi connectivity index (χ1n) is 10.8. The van der Waals surface area contributed by atoms with Crippen LogP contribution in [0.15, 0.2) is 59.7 Å². The Hall–Kier alpha value is -2.90. The van der Waals surface area contributed by atoms with Gasteiger partial charge in [-0.25, -0.2) is 4.39 Å². The number of aliphatic imine (C=N–C) groups is 1. The number of para-hydroxylation sites is 1. The summed E-state index contributed by atoms with van der Waals surface area (Å²) in [4.78, 5) is 10.0. The Morgan fingerprint density at radius 1 is 1.16 bits per heavy atom. The maximum atomic E-state index is 13.9. The van der Waals surface area contributed by atoms with Gasteiger partial charge in [-0.15, -0.1) is 0 Å². The number of morpholine rings is 1. The lowest BCUT2D eigenvalue weighted by molar-refractivity contribution is 0.0169. The molecule has 1 aliphatic rings. The number of hydrogen-bond donors (Lipinski definition) is 3. The third kappa shape index (κ3) is 5.42. The fraction of sp³-hybridized carbons (Fsp3) is 0.375. The SMILES string of the molecule is CN=C(NCCc1c[nH]c2ccccc12)NCC(c1cccc(F)c1)N1CCOCC1. The van der Waals surface area contributed by atoms with E-state index in [2.05, 4.69) is 49.9 Å². The second-order valence-electron chi connectivity index (χ2n) is 7.71. The number of ether oxygens (including phenoxy) is 1. The molecule has 2 heterocycles. The lowest BCUT2D eigenvalue weighted by atomic mass is 10.0. The second-order valence-corrected chi connectivity index (χ2v) is 7.71. The van der Waals surface area contributed by atoms with Crippen molar-refractivity contribution >= 4 is 16.9 Å². The number of aromatic nitrogens is 1. The van der Waals surface area contributed by atoms with E-state index < -0.39 is 0 Å². The predicted octanol–water partition coefficient (Wildman–Crippen LogP) is 3.09. The number of hydrogen-bond acceptors (Lipinski definition) is 3. The van der Waals surface area contributed by atoms with Crippen LogP contribution in [0.4, 0.5) is 4.39 Å². The minimum absolute atomic E-state index is 0.0479. The summed E-state index contributed by atoms with van der Waals surface area (Å²) in [6.45, 7) is 4.46. The van der Waals surface area contributed by atoms with E-state index >= 15 is 0 Å². The summed E-state index contributed by atoms with van der Waals surface area (Å²) < 4.78 is 19.4. The van der Waals surface area contributed by atoms with Crippen LogP contribution in [-0.2, 0) is 11.2 Å². The van der Waals surface area contributed by atoms with E-state index in [0.29, 0.717) is 19.8 Å². The number of fused-ring (bicyclic) bond motifs is 1. The van der Waals surface area contributed by atoms with Gasteiger partial charge < -0.3 is 20.4 Å². The summed E-state index contributed by atoms with van der Waals surface area (Å²) in [5.74, 6) is 0.534. The number of H-pyrrole nitrogens is 1. The molecule has 0 saturated carbocycles. The van der Waals surface area contributed by atoms with Gasteiger partial charge in [0.1, 0.15) is 5.82 Å². The average molecular weight is 424 g/mol. The largest absolute Gasteiger partial charge is 0.379 e. The van der Waals surface area contributed by atoms with Gasteiger partial charge in [0, 0.05) is 50.3 Å². The van der Waals surface area contributed by atoms with E-state index in [1.165, 1.54) is 17.0 Å². The molecule has 3 aromatic rings. The molecule has 1 unspecified atom stereocenters. The van der Waals surface area contributed by atoms with Crippen molar-refractivity contribution in [3.05, 3.63) is 71.7 Å². The normalized spacial score (nSPS) is 16.4. The molecule has 1 fully saturated rings. The average Bonchev–Trinajstić information content (AvgIpc) is 3.22. The highest BCUT2D eigenvalue weighted by Gasteiger charge is 2.23. The standard InChI is InChI=1S/C24H30FN5O/c1-26-24(27-10-9-19-16-28-22-8-3-2-7-21(19)22)29-17-23(30-11-13-31-14-12-30)18-5-4-6-20(25)15-18/h2-8,15-16,23,28H,9-14,17H2,1H3,(H2,26,27,29). The number of nitrogens with zero attached hydrogens (tertiary/aromatic N) is 2. The number of guanidine groups is 1. The van der Waals surface area contributed by atoms with Crippen LogP contribution in [0.5, 0.6) is 0 Å². The molecular weight excluding hydrogens is 393 g/mol. The topological polar surface area (TPSA) is 64.7 Å². The Labute approximate surface area is 182 Å². The summed E-state index contributed by atoms with van der Waals surface area (Å²) in [6, 6.07) is 15.2. The predicted molar refractivity (Wildman–Crippen MR) is 123 cm³/mol. The zero-order valence-corrected chi connectivity index (χ0v) is 17.9. The van der Waals surface area contributed by atoms with Crippen molar-refractivity contribution in [1.29, 1.82) is 0 Å². The Kier molecular flexibility index (Phi) is 7.17. The molecule has 7 heteroatoms. The molecule has 0 bridgehead atoms. The highest BCUT2D eigenvalue weighted by molar-refractivity contribution is 5.83. The van der Waals surface area contributed by atoms with Crippen molar-refractivity contribution in [2.75, 3.05) is 46.4 Å². The van der Waals surface area contributed by atoms with E-state index in [1.807, 2.05) is 12.1 Å². The summed E-state index contributed by atoms with van der Waals surface area (Å²) in [7, 11) is 1.77. The van der Waals surface area contributed by atoms with Gasteiger partial charge in [0.15, 0.2) is 5.96 Å². The van der Waals surface area contributed by atoms with Gasteiger partial charge in [0.25, 0.3) is 0 Å². The van der Waals surface area contributed by atoms with Crippen LogP contribution in [0.2, 0.25) is 0 Å². The van der Waals surface area contributed by atoms with E-state index in [1.54, 1.807) is 19.2 Å². The number of nitrogens with one attached hydrogen (secondary N) is 3. The van der Waals surface area contributed by atoms with Crippen molar-refractivity contribution < 1.29 is 9.13 Å². The van der Waals surface area contributed by atoms with E-state index in [4.69, 9.17) is 4.74 Å². The fourth-order valence-electron chi connectivity index (χ4n) is 4.13. The van der Waals surface area contributed by atoms with Crippen LogP contribution in [0.1, 0.15) is 17.2 Å². The first kappa shape index (κ1) is 21.3. The van der Waals surface area contributed by atoms with Gasteiger partial charge in [-0.05, 0) is 35.7 Å². The Bertz CT molecular complexity index is 1010. The Morgan fingerprint density at radius 2 is 2.00 bits per heavy atom. The first-order chi connectivity index (χ1) is 15.2. The lowest BCUT2D eigenvalue weighted by Gasteiger charge is -2.35. The van der Waals surface area contributed by atoms with Crippen molar-refractivity contribution in [3.63, 3.8) is 0 Å². The van der Waals surface area contributed by atoms with Crippen molar-refractivity contribution in [1.82, 2.24) is 20.5 Å². The van der Waals surface area contributed by atoms with E-state index in [9.17, 15) is 4.39 Å². The molecule has 0 radical (unpaired) electrons. The van der Waals surface area contributed by atoms with Crippen LogP contribution in [-0.4, -0.2) is 62.3 Å². The molecule has 6 nitrogen and oxygen atoms in total. The summed E-state index contributed by atoms with van der Waals surface area (Å²) in [6.07, 6.45) is 2.96. The molecule has 1 saturated heterocycles. The van der Waals surface area contributed by atoms with Crippen LogP contribution in [0.3, 0.4) is 0 Å². The van der Waals surface area contributed by atoms with Crippen LogP contribution >= 0.6 is 0 Å². The Balaban J connectivity index is 1.36. The zero-order chi connectivity index (χ0) is 21.5. The van der Waals surface area contributed by atoms with Crippen molar-refractivity contribution in [2.45, 2.75) is 12.5 Å². The molecule has 1 aromatic heterocycles. The highest BCUT2D eigenvalue weighted by Crippen LogP contribution is 2.22. The molecule has 1 atom stereocenters. The van der Waals surface area contributed by atoms with E-state index in [0.717, 1.165) is 43.1 Å². The van der Waals surface area contributed by atoms with Gasteiger partial charge in [-0.3, -0.25) is 9.89 Å². The zero-order valence-electron chi connectivity index (χ0n) is 17.9. The van der Waals surface area contributed by atoms with Crippen molar-refractivity contribution in [3.8, 4) is 0 Å². The highest BCUT2D eigenvalue weighted by atomic mass is 19.1. The van der Waals surface area contributed by atoms with Crippen LogP contribution in [0, 0.1) is 5.82 Å². The van der Waals surface area contributed by atoms with Crippen LogP contribution < -0.4 is 10.6 Å². The molecule has 1 aliphatic heterocycles. The van der Waals surface area contributed by atoms with Gasteiger partial charge in [-0.2, -0.15) is 0 Å². The van der Waals surface area contributed by atoms with Crippen LogP contribution in [0.25, 0.3) is 10.9 Å². The summed E-state index contributed by atoms with van der Waals surface area (Å²) in [5.41, 5.74) is 3.40. The molecule has 2 aromatic carbocycles. The molecular formula is C24H30FN5O. The first-order valence-corrected chi connectivity index (χ1v) is 10.8. The molecule has 31 heavy (non-hydrogen) atoms. The number of benzene rings is 2. The third-order valence-electron chi connectivity index (χ3n) is 5.77. The number of halogens is 1. The summed E-state index contributed by atoms with van der Waals surface area (Å²) >= 11 is 0.